The molecule has 0 radical (unpaired) electrons. The van der Waals surface area contributed by atoms with E-state index in [1.54, 1.807) is 0 Å². The van der Waals surface area contributed by atoms with Gasteiger partial charge in [-0.25, -0.2) is 0 Å². The first-order valence-electron chi connectivity index (χ1n) is 7.38. The van der Waals surface area contributed by atoms with E-state index in [-0.39, 0.29) is 0 Å². The fourth-order valence-corrected chi connectivity index (χ4v) is 4.28. The zero-order valence-corrected chi connectivity index (χ0v) is 13.6. The molecule has 104 valence electrons. The number of hydrogen-bond acceptors (Lipinski definition) is 2. The van der Waals surface area contributed by atoms with Gasteiger partial charge in [0, 0.05) is 13.2 Å². The second kappa shape index (κ2) is 10.1. The van der Waals surface area contributed by atoms with Crippen molar-refractivity contribution < 1.29 is 8.85 Å². The third-order valence-corrected chi connectivity index (χ3v) is 6.85. The number of rotatable bonds is 11. The highest BCUT2D eigenvalue weighted by Crippen LogP contribution is 2.20. The molecule has 0 bridgehead atoms. The van der Waals surface area contributed by atoms with Crippen LogP contribution >= 0.6 is 0 Å². The fourth-order valence-electron chi connectivity index (χ4n) is 1.85. The summed E-state index contributed by atoms with van der Waals surface area (Å²) in [6, 6.07) is 2.16. The van der Waals surface area contributed by atoms with Gasteiger partial charge in [0.2, 0.25) is 0 Å². The molecule has 0 unspecified atom stereocenters. The van der Waals surface area contributed by atoms with Gasteiger partial charge in [0.15, 0.2) is 0 Å². The molecule has 0 aromatic heterocycles. The van der Waals surface area contributed by atoms with Crippen molar-refractivity contribution in [3.8, 4) is 0 Å². The topological polar surface area (TPSA) is 18.5 Å². The van der Waals surface area contributed by atoms with Gasteiger partial charge in [0.1, 0.15) is 0 Å². The molecular weight excluding hydrogens is 228 g/mol. The molecule has 0 rings (SSSR count). The van der Waals surface area contributed by atoms with E-state index >= 15 is 0 Å². The Morgan fingerprint density at radius 1 is 0.882 bits per heavy atom. The van der Waals surface area contributed by atoms with Gasteiger partial charge in [-0.1, -0.05) is 41.0 Å². The van der Waals surface area contributed by atoms with Crippen LogP contribution < -0.4 is 0 Å². The average molecular weight is 260 g/mol. The Morgan fingerprint density at radius 3 is 1.82 bits per heavy atom. The van der Waals surface area contributed by atoms with Crippen LogP contribution in [0.3, 0.4) is 0 Å². The second-order valence-electron chi connectivity index (χ2n) is 5.20. The van der Waals surface area contributed by atoms with Crippen LogP contribution in [0.4, 0.5) is 0 Å². The highest BCUT2D eigenvalue weighted by Gasteiger charge is 2.33. The van der Waals surface area contributed by atoms with E-state index in [2.05, 4.69) is 34.6 Å². The largest absolute Gasteiger partial charge is 0.394 e. The summed E-state index contributed by atoms with van der Waals surface area (Å²) in [5.41, 5.74) is 0. The fraction of sp³-hybridized carbons (Fsp3) is 1.00. The van der Waals surface area contributed by atoms with Crippen molar-refractivity contribution in [1.29, 1.82) is 0 Å². The van der Waals surface area contributed by atoms with Crippen LogP contribution in [0.1, 0.15) is 60.3 Å². The molecular formula is C14H32O2Si. The van der Waals surface area contributed by atoms with E-state index in [0.717, 1.165) is 37.6 Å². The first-order valence-corrected chi connectivity index (χ1v) is 9.61. The summed E-state index contributed by atoms with van der Waals surface area (Å²) in [6.07, 6.45) is 4.78. The molecule has 0 saturated heterocycles. The molecule has 0 heterocycles. The van der Waals surface area contributed by atoms with Gasteiger partial charge in [-0.05, 0) is 37.3 Å². The quantitative estimate of drug-likeness (QED) is 0.395. The van der Waals surface area contributed by atoms with E-state index < -0.39 is 8.56 Å². The van der Waals surface area contributed by atoms with Gasteiger partial charge in [0.05, 0.1) is 0 Å². The van der Waals surface area contributed by atoms with Crippen LogP contribution in [0.25, 0.3) is 0 Å². The molecule has 17 heavy (non-hydrogen) atoms. The lowest BCUT2D eigenvalue weighted by atomic mass is 10.1. The van der Waals surface area contributed by atoms with Gasteiger partial charge in [-0.15, -0.1) is 0 Å². The van der Waals surface area contributed by atoms with Crippen molar-refractivity contribution in [3.63, 3.8) is 0 Å². The Kier molecular flexibility index (Phi) is 10.2. The van der Waals surface area contributed by atoms with Gasteiger partial charge < -0.3 is 8.85 Å². The summed E-state index contributed by atoms with van der Waals surface area (Å²) in [4.78, 5) is 0. The summed E-state index contributed by atoms with van der Waals surface area (Å²) in [5.74, 6) is 0.777. The third kappa shape index (κ3) is 7.95. The Hall–Kier alpha value is 0.137. The first kappa shape index (κ1) is 17.1. The monoisotopic (exact) mass is 260 g/mol. The smallest absolute Gasteiger partial charge is 0.337 e. The molecule has 0 aliphatic rings. The minimum atomic E-state index is -1.85. The molecule has 0 aromatic rings. The molecule has 0 aliphatic heterocycles. The van der Waals surface area contributed by atoms with Crippen LogP contribution in [0.5, 0.6) is 0 Å². The zero-order valence-electron chi connectivity index (χ0n) is 12.6. The Balaban J connectivity index is 3.93. The SMILES string of the molecule is CCCCO[Si](CC)(CC)OCCCC(C)C. The maximum atomic E-state index is 6.14. The highest BCUT2D eigenvalue weighted by molar-refractivity contribution is 6.67. The van der Waals surface area contributed by atoms with Crippen LogP contribution in [0.15, 0.2) is 0 Å². The van der Waals surface area contributed by atoms with Crippen LogP contribution in [0, 0.1) is 5.92 Å². The van der Waals surface area contributed by atoms with Crippen LogP contribution in [-0.4, -0.2) is 21.8 Å². The van der Waals surface area contributed by atoms with Crippen molar-refractivity contribution in [2.24, 2.45) is 5.92 Å². The van der Waals surface area contributed by atoms with Crippen molar-refractivity contribution in [3.05, 3.63) is 0 Å². The molecule has 0 aliphatic carbocycles. The van der Waals surface area contributed by atoms with E-state index in [9.17, 15) is 0 Å². The van der Waals surface area contributed by atoms with Gasteiger partial charge in [-0.2, -0.15) is 0 Å². The third-order valence-electron chi connectivity index (χ3n) is 3.23. The lowest BCUT2D eigenvalue weighted by Crippen LogP contribution is -2.41. The predicted molar refractivity (Wildman–Crippen MR) is 77.6 cm³/mol. The maximum Gasteiger partial charge on any atom is 0.337 e. The summed E-state index contributed by atoms with van der Waals surface area (Å²) in [5, 5.41) is 0. The average Bonchev–Trinajstić information content (AvgIpc) is 2.32. The van der Waals surface area contributed by atoms with Crippen molar-refractivity contribution in [2.75, 3.05) is 13.2 Å². The highest BCUT2D eigenvalue weighted by atomic mass is 28.4. The summed E-state index contributed by atoms with van der Waals surface area (Å²) >= 11 is 0. The van der Waals surface area contributed by atoms with E-state index in [1.807, 2.05) is 0 Å². The maximum absolute atomic E-state index is 6.14. The lowest BCUT2D eigenvalue weighted by Gasteiger charge is -2.29. The van der Waals surface area contributed by atoms with Crippen LogP contribution in [0.2, 0.25) is 12.1 Å². The van der Waals surface area contributed by atoms with Crippen LogP contribution in [-0.2, 0) is 8.85 Å². The van der Waals surface area contributed by atoms with Crippen molar-refractivity contribution >= 4 is 8.56 Å². The first-order chi connectivity index (χ1) is 8.10. The van der Waals surface area contributed by atoms with E-state index in [4.69, 9.17) is 8.85 Å². The van der Waals surface area contributed by atoms with E-state index in [1.165, 1.54) is 19.3 Å². The molecule has 0 fully saturated rings. The predicted octanol–water partition coefficient (Wildman–Crippen LogP) is 4.74. The molecule has 0 atom stereocenters. The molecule has 0 aromatic carbocycles. The molecule has 0 saturated carbocycles. The van der Waals surface area contributed by atoms with E-state index in [0.29, 0.717) is 0 Å². The minimum Gasteiger partial charge on any atom is -0.394 e. The van der Waals surface area contributed by atoms with Crippen molar-refractivity contribution in [2.45, 2.75) is 72.4 Å². The number of hydrogen-bond donors (Lipinski definition) is 0. The number of unbranched alkanes of at least 4 members (excludes halogenated alkanes) is 1. The molecule has 0 spiro atoms. The zero-order chi connectivity index (χ0) is 13.1. The molecule has 3 heteroatoms. The van der Waals surface area contributed by atoms with Gasteiger partial charge in [-0.3, -0.25) is 0 Å². The minimum absolute atomic E-state index is 0.777. The lowest BCUT2D eigenvalue weighted by molar-refractivity contribution is 0.162. The standard InChI is InChI=1S/C14H32O2Si/c1-6-9-12-15-17(7-2,8-3)16-13-10-11-14(4)5/h14H,6-13H2,1-5H3. The second-order valence-corrected chi connectivity index (χ2v) is 9.02. The molecule has 0 amide bonds. The normalized spacial score (nSPS) is 12.4. The summed E-state index contributed by atoms with van der Waals surface area (Å²) in [6.45, 7) is 12.9. The Morgan fingerprint density at radius 2 is 1.41 bits per heavy atom. The molecule has 0 N–H and O–H groups in total. The van der Waals surface area contributed by atoms with Gasteiger partial charge in [0.25, 0.3) is 0 Å². The van der Waals surface area contributed by atoms with Crippen molar-refractivity contribution in [1.82, 2.24) is 0 Å². The molecule has 2 nitrogen and oxygen atoms in total. The summed E-state index contributed by atoms with van der Waals surface area (Å²) in [7, 11) is -1.85. The Bertz CT molecular complexity index is 168. The summed E-state index contributed by atoms with van der Waals surface area (Å²) < 4.78 is 12.2. The van der Waals surface area contributed by atoms with Gasteiger partial charge >= 0.3 is 8.56 Å². The Labute approximate surface area is 109 Å².